The topological polar surface area (TPSA) is 27.7 Å². The van der Waals surface area contributed by atoms with Crippen molar-refractivity contribution in [2.45, 2.75) is 74.7 Å². The highest BCUT2D eigenvalue weighted by atomic mass is 16.5. The molecule has 1 spiro atoms. The van der Waals surface area contributed by atoms with Crippen molar-refractivity contribution in [3.8, 4) is 11.5 Å². The van der Waals surface area contributed by atoms with Crippen molar-refractivity contribution in [1.29, 1.82) is 0 Å². The van der Waals surface area contributed by atoms with Gasteiger partial charge in [0.2, 0.25) is 0 Å². The Bertz CT molecular complexity index is 1140. The van der Waals surface area contributed by atoms with Gasteiger partial charge in [-0.15, -0.1) is 6.58 Å². The average Bonchev–Trinajstić information content (AvgIpc) is 3.62. The predicted molar refractivity (Wildman–Crippen MR) is 137 cm³/mol. The minimum Gasteiger partial charge on any atom is -0.485 e. The zero-order valence-electron chi connectivity index (χ0n) is 21.0. The number of piperidine rings is 1. The Morgan fingerprint density at radius 2 is 1.97 bits per heavy atom. The van der Waals surface area contributed by atoms with E-state index in [0.717, 1.165) is 54.0 Å². The van der Waals surface area contributed by atoms with Gasteiger partial charge in [-0.1, -0.05) is 42.5 Å². The number of nitrogens with zero attached hydrogens (tertiary/aromatic N) is 1. The summed E-state index contributed by atoms with van der Waals surface area (Å²) in [6.07, 6.45) is 10.5. The Labute approximate surface area is 209 Å². The molecule has 0 amide bonds. The van der Waals surface area contributed by atoms with Gasteiger partial charge in [-0.3, -0.25) is 0 Å². The fourth-order valence-electron chi connectivity index (χ4n) is 8.46. The summed E-state index contributed by atoms with van der Waals surface area (Å²) in [5.41, 5.74) is 3.81. The van der Waals surface area contributed by atoms with Gasteiger partial charge in [-0.25, -0.2) is 0 Å². The monoisotopic (exact) mass is 472 g/mol. The smallest absolute Gasteiger partial charge is 0.165 e. The third kappa shape index (κ3) is 3.05. The second-order valence-electron chi connectivity index (χ2n) is 12.0. The van der Waals surface area contributed by atoms with E-state index in [1.54, 1.807) is 0 Å². The van der Waals surface area contributed by atoms with Crippen molar-refractivity contribution in [2.75, 3.05) is 26.7 Å². The number of hydrogen-bond donors (Lipinski definition) is 0. The summed E-state index contributed by atoms with van der Waals surface area (Å²) in [7, 11) is 2.53. The van der Waals surface area contributed by atoms with Gasteiger partial charge >= 0.3 is 0 Å². The maximum absolute atomic E-state index is 7.05. The zero-order valence-corrected chi connectivity index (χ0v) is 21.0. The number of likely N-dealkylation sites (N-methyl/N-ethyl adjacent to an activating group) is 1. The minimum atomic E-state index is -0.192. The number of likely N-dealkylation sites (tertiary alicyclic amines) is 1. The van der Waals surface area contributed by atoms with E-state index < -0.39 is 0 Å². The van der Waals surface area contributed by atoms with Crippen LogP contribution in [-0.4, -0.2) is 49.0 Å². The van der Waals surface area contributed by atoms with Gasteiger partial charge in [0.15, 0.2) is 11.5 Å². The van der Waals surface area contributed by atoms with E-state index in [1.807, 2.05) is 12.1 Å². The summed E-state index contributed by atoms with van der Waals surface area (Å²) in [6.45, 7) is 7.72. The van der Waals surface area contributed by atoms with Gasteiger partial charge in [0.1, 0.15) is 24.4 Å². The van der Waals surface area contributed by atoms with Crippen LogP contribution in [0, 0.1) is 5.92 Å². The van der Waals surface area contributed by atoms with Crippen LogP contribution in [0.25, 0.3) is 0 Å². The first-order valence-corrected chi connectivity index (χ1v) is 13.7. The highest BCUT2D eigenvalue weighted by Gasteiger charge is 2.76. The Hall–Kier alpha value is -2.30. The van der Waals surface area contributed by atoms with Gasteiger partial charge in [0.25, 0.3) is 0 Å². The molecule has 0 aromatic heterocycles. The van der Waals surface area contributed by atoms with Gasteiger partial charge in [0, 0.05) is 24.3 Å². The molecule has 2 aliphatic heterocycles. The van der Waals surface area contributed by atoms with E-state index in [4.69, 9.17) is 14.2 Å². The predicted octanol–water partition coefficient (Wildman–Crippen LogP) is 5.57. The molecule has 3 fully saturated rings. The molecule has 0 radical (unpaired) electrons. The Morgan fingerprint density at radius 1 is 1.11 bits per heavy atom. The van der Waals surface area contributed by atoms with E-state index >= 15 is 0 Å². The van der Waals surface area contributed by atoms with Crippen LogP contribution >= 0.6 is 0 Å². The third-order valence-corrected chi connectivity index (χ3v) is 10.0. The first-order chi connectivity index (χ1) is 17.1. The standard InChI is InChI=1S/C31H38NO3/c1-3-18-34-31-15-7-10-27-30(31)16-17-32(2,20-22-11-12-22)26(31)19-24-13-14-25(29(35-27)28(24)30)33-21-23-8-5-4-6-9-23/h3-6,8-9,13-14,22,26-27H,1,7,10-12,15-21H2,2H3/q+1/t26-,27+,30-,31?,32?/m1/s1. The molecule has 2 bridgehead atoms. The first kappa shape index (κ1) is 21.9. The highest BCUT2D eigenvalue weighted by Crippen LogP contribution is 2.67. The number of quaternary nitrogens is 1. The molecule has 2 unspecified atom stereocenters. The molecular formula is C31H38NO3+. The molecule has 3 aliphatic carbocycles. The fraction of sp³-hybridized carbons (Fsp3) is 0.548. The molecule has 1 saturated heterocycles. The van der Waals surface area contributed by atoms with Crippen molar-refractivity contribution >= 4 is 0 Å². The highest BCUT2D eigenvalue weighted by molar-refractivity contribution is 5.62. The van der Waals surface area contributed by atoms with Crippen LogP contribution in [0.5, 0.6) is 11.5 Å². The molecule has 4 nitrogen and oxygen atoms in total. The number of benzene rings is 2. The molecular weight excluding hydrogens is 434 g/mol. The van der Waals surface area contributed by atoms with Crippen molar-refractivity contribution in [1.82, 2.24) is 0 Å². The first-order valence-electron chi connectivity index (χ1n) is 13.7. The minimum absolute atomic E-state index is 0.0741. The lowest BCUT2D eigenvalue weighted by molar-refractivity contribution is -0.950. The van der Waals surface area contributed by atoms with Crippen molar-refractivity contribution < 1.29 is 18.7 Å². The molecule has 5 atom stereocenters. The van der Waals surface area contributed by atoms with Crippen molar-refractivity contribution in [3.05, 3.63) is 71.8 Å². The van der Waals surface area contributed by atoms with Crippen LogP contribution in [0.2, 0.25) is 0 Å². The lowest BCUT2D eigenvalue weighted by Gasteiger charge is -2.66. The van der Waals surface area contributed by atoms with Gasteiger partial charge in [-0.05, 0) is 49.3 Å². The summed E-state index contributed by atoms with van der Waals surface area (Å²) >= 11 is 0. The summed E-state index contributed by atoms with van der Waals surface area (Å²) < 4.78 is 21.6. The largest absolute Gasteiger partial charge is 0.485 e. The Balaban J connectivity index is 1.34. The second-order valence-corrected chi connectivity index (χ2v) is 12.0. The maximum Gasteiger partial charge on any atom is 0.165 e. The van der Waals surface area contributed by atoms with Gasteiger partial charge in [-0.2, -0.15) is 0 Å². The van der Waals surface area contributed by atoms with E-state index in [0.29, 0.717) is 19.3 Å². The number of hydrogen-bond acceptors (Lipinski definition) is 3. The van der Waals surface area contributed by atoms with E-state index in [-0.39, 0.29) is 17.1 Å². The molecule has 5 aliphatic rings. The third-order valence-electron chi connectivity index (χ3n) is 10.0. The van der Waals surface area contributed by atoms with E-state index in [1.165, 1.54) is 42.6 Å². The molecule has 2 aromatic rings. The molecule has 2 heterocycles. The fourth-order valence-corrected chi connectivity index (χ4v) is 8.46. The number of rotatable bonds is 8. The van der Waals surface area contributed by atoms with Crippen molar-refractivity contribution in [3.63, 3.8) is 0 Å². The SMILES string of the molecule is C=CCOC12CCC[C@@H]3Oc4c(OCc5ccccc5)ccc5c4[C@@]31CC[N+](C)(CC1CC1)[C@@H]2C5. The number of ether oxygens (including phenoxy) is 3. The maximum atomic E-state index is 7.05. The average molecular weight is 473 g/mol. The molecule has 0 N–H and O–H groups in total. The van der Waals surface area contributed by atoms with Crippen LogP contribution < -0.4 is 9.47 Å². The Morgan fingerprint density at radius 3 is 2.77 bits per heavy atom. The van der Waals surface area contributed by atoms with Gasteiger partial charge in [0.05, 0.1) is 32.2 Å². The molecule has 2 aromatic carbocycles. The summed E-state index contributed by atoms with van der Waals surface area (Å²) in [6, 6.07) is 15.4. The molecule has 184 valence electrons. The molecule has 2 saturated carbocycles. The normalized spacial score (nSPS) is 36.3. The lowest BCUT2D eigenvalue weighted by atomic mass is 9.48. The van der Waals surface area contributed by atoms with Crippen LogP contribution in [-0.2, 0) is 23.2 Å². The van der Waals surface area contributed by atoms with Crippen LogP contribution in [0.3, 0.4) is 0 Å². The van der Waals surface area contributed by atoms with E-state index in [2.05, 4.69) is 50.0 Å². The van der Waals surface area contributed by atoms with Crippen molar-refractivity contribution in [2.24, 2.45) is 5.92 Å². The molecule has 4 heteroatoms. The van der Waals surface area contributed by atoms with Crippen LogP contribution in [0.15, 0.2) is 55.1 Å². The van der Waals surface area contributed by atoms with Crippen LogP contribution in [0.4, 0.5) is 0 Å². The summed E-state index contributed by atoms with van der Waals surface area (Å²) in [5, 5.41) is 0. The van der Waals surface area contributed by atoms with Gasteiger partial charge < -0.3 is 18.7 Å². The second kappa shape index (κ2) is 7.85. The van der Waals surface area contributed by atoms with E-state index in [9.17, 15) is 0 Å². The zero-order chi connectivity index (χ0) is 23.7. The summed E-state index contributed by atoms with van der Waals surface area (Å²) in [4.78, 5) is 0. The van der Waals surface area contributed by atoms with Crippen LogP contribution in [0.1, 0.15) is 55.2 Å². The Kier molecular flexibility index (Phi) is 4.92. The molecule has 7 rings (SSSR count). The quantitative estimate of drug-likeness (QED) is 0.371. The lowest BCUT2D eigenvalue weighted by Crippen LogP contribution is -2.80. The summed E-state index contributed by atoms with van der Waals surface area (Å²) in [5.74, 6) is 2.80. The molecule has 35 heavy (non-hydrogen) atoms.